The van der Waals surface area contributed by atoms with Crippen LogP contribution < -0.4 is 5.32 Å². The summed E-state index contributed by atoms with van der Waals surface area (Å²) in [6.07, 6.45) is 0. The Hall–Kier alpha value is -1.22. The van der Waals surface area contributed by atoms with Gasteiger partial charge < -0.3 is 10.4 Å². The highest BCUT2D eigenvalue weighted by atomic mass is 35.5. The Kier molecular flexibility index (Phi) is 5.67. The standard InChI is InChI=1S/C15H22ClNO2/c1-9(2)13(10(3)4)8-17-14-7-11(16)5-6-12(14)15(18)19/h5-7,9-10,13,17H,8H2,1-4H3,(H,18,19). The molecule has 0 atom stereocenters. The highest BCUT2D eigenvalue weighted by Gasteiger charge is 2.18. The molecule has 2 N–H and O–H groups in total. The van der Waals surface area contributed by atoms with Crippen molar-refractivity contribution in [1.29, 1.82) is 0 Å². The van der Waals surface area contributed by atoms with E-state index >= 15 is 0 Å². The minimum absolute atomic E-state index is 0.260. The van der Waals surface area contributed by atoms with E-state index in [1.54, 1.807) is 12.1 Å². The molecule has 3 nitrogen and oxygen atoms in total. The van der Waals surface area contributed by atoms with Gasteiger partial charge in [-0.05, 0) is 36.0 Å². The molecule has 19 heavy (non-hydrogen) atoms. The predicted molar refractivity (Wildman–Crippen MR) is 80.1 cm³/mol. The maximum atomic E-state index is 11.2. The Morgan fingerprint density at radius 3 is 2.32 bits per heavy atom. The molecule has 0 aliphatic rings. The van der Waals surface area contributed by atoms with Crippen molar-refractivity contribution >= 4 is 23.3 Å². The highest BCUT2D eigenvalue weighted by Crippen LogP contribution is 2.25. The fourth-order valence-electron chi connectivity index (χ4n) is 2.32. The van der Waals surface area contributed by atoms with E-state index in [9.17, 15) is 4.79 Å². The van der Waals surface area contributed by atoms with E-state index in [1.807, 2.05) is 0 Å². The molecule has 0 aliphatic heterocycles. The fraction of sp³-hybridized carbons (Fsp3) is 0.533. The van der Waals surface area contributed by atoms with Crippen LogP contribution in [0.25, 0.3) is 0 Å². The number of aromatic carboxylic acids is 1. The van der Waals surface area contributed by atoms with Gasteiger partial charge in [0.1, 0.15) is 0 Å². The van der Waals surface area contributed by atoms with Crippen molar-refractivity contribution in [3.63, 3.8) is 0 Å². The maximum Gasteiger partial charge on any atom is 0.337 e. The van der Waals surface area contributed by atoms with Crippen LogP contribution in [0.5, 0.6) is 0 Å². The van der Waals surface area contributed by atoms with Crippen LogP contribution in [0.2, 0.25) is 5.02 Å². The van der Waals surface area contributed by atoms with Gasteiger partial charge in [0.15, 0.2) is 0 Å². The number of halogens is 1. The molecule has 106 valence electrons. The van der Waals surface area contributed by atoms with Gasteiger partial charge in [-0.15, -0.1) is 0 Å². The molecule has 0 saturated heterocycles. The van der Waals surface area contributed by atoms with Gasteiger partial charge in [0, 0.05) is 11.6 Å². The van der Waals surface area contributed by atoms with E-state index in [0.29, 0.717) is 28.5 Å². The SMILES string of the molecule is CC(C)C(CNc1cc(Cl)ccc1C(=O)O)C(C)C. The third-order valence-corrected chi connectivity index (χ3v) is 3.69. The number of carboxylic acid groups (broad SMARTS) is 1. The van der Waals surface area contributed by atoms with Crippen molar-refractivity contribution in [2.45, 2.75) is 27.7 Å². The zero-order valence-corrected chi connectivity index (χ0v) is 12.7. The van der Waals surface area contributed by atoms with Gasteiger partial charge in [-0.1, -0.05) is 39.3 Å². The molecule has 0 heterocycles. The molecule has 0 bridgehead atoms. The van der Waals surface area contributed by atoms with Gasteiger partial charge in [0.25, 0.3) is 0 Å². The Bertz CT molecular complexity index is 436. The Balaban J connectivity index is 2.87. The van der Waals surface area contributed by atoms with Crippen LogP contribution in [0.1, 0.15) is 38.1 Å². The molecule has 0 spiro atoms. The first-order chi connectivity index (χ1) is 8.82. The minimum Gasteiger partial charge on any atom is -0.478 e. The van der Waals surface area contributed by atoms with Crippen molar-refractivity contribution < 1.29 is 9.90 Å². The third-order valence-electron chi connectivity index (χ3n) is 3.45. The van der Waals surface area contributed by atoms with E-state index in [1.165, 1.54) is 6.07 Å². The summed E-state index contributed by atoms with van der Waals surface area (Å²) in [6, 6.07) is 4.80. The average Bonchev–Trinajstić information content (AvgIpc) is 2.27. The van der Waals surface area contributed by atoms with Gasteiger partial charge in [-0.2, -0.15) is 0 Å². The third kappa shape index (κ3) is 4.43. The molecular formula is C15H22ClNO2. The maximum absolute atomic E-state index is 11.2. The molecule has 4 heteroatoms. The molecular weight excluding hydrogens is 262 g/mol. The van der Waals surface area contributed by atoms with Crippen LogP contribution in [-0.2, 0) is 0 Å². The van der Waals surface area contributed by atoms with Gasteiger partial charge in [-0.3, -0.25) is 0 Å². The van der Waals surface area contributed by atoms with Gasteiger partial charge >= 0.3 is 5.97 Å². The van der Waals surface area contributed by atoms with Crippen LogP contribution in [0.15, 0.2) is 18.2 Å². The molecule has 1 aromatic rings. The molecule has 0 aromatic heterocycles. The van der Waals surface area contributed by atoms with Gasteiger partial charge in [0.2, 0.25) is 0 Å². The number of hydrogen-bond donors (Lipinski definition) is 2. The number of carboxylic acids is 1. The number of anilines is 1. The molecule has 0 amide bonds. The fourth-order valence-corrected chi connectivity index (χ4v) is 2.49. The lowest BCUT2D eigenvalue weighted by Crippen LogP contribution is -2.25. The first-order valence-electron chi connectivity index (χ1n) is 6.59. The summed E-state index contributed by atoms with van der Waals surface area (Å²) in [5.41, 5.74) is 0.849. The first kappa shape index (κ1) is 15.8. The van der Waals surface area contributed by atoms with Crippen LogP contribution >= 0.6 is 11.6 Å². The van der Waals surface area contributed by atoms with Crippen molar-refractivity contribution in [3.05, 3.63) is 28.8 Å². The van der Waals surface area contributed by atoms with E-state index in [-0.39, 0.29) is 5.56 Å². The van der Waals surface area contributed by atoms with E-state index < -0.39 is 5.97 Å². The minimum atomic E-state index is -0.940. The number of rotatable bonds is 6. The summed E-state index contributed by atoms with van der Waals surface area (Å²) in [6.45, 7) is 9.48. The van der Waals surface area contributed by atoms with Crippen LogP contribution in [-0.4, -0.2) is 17.6 Å². The Labute approximate surface area is 120 Å². The lowest BCUT2D eigenvalue weighted by Gasteiger charge is -2.26. The van der Waals surface area contributed by atoms with Crippen LogP contribution in [0.4, 0.5) is 5.69 Å². The second-order valence-electron chi connectivity index (χ2n) is 5.53. The summed E-state index contributed by atoms with van der Waals surface area (Å²) < 4.78 is 0. The van der Waals surface area contributed by atoms with Gasteiger partial charge in [-0.25, -0.2) is 4.79 Å². The summed E-state index contributed by atoms with van der Waals surface area (Å²) in [5.74, 6) is 0.630. The average molecular weight is 284 g/mol. The molecule has 1 rings (SSSR count). The van der Waals surface area contributed by atoms with E-state index in [0.717, 1.165) is 6.54 Å². The van der Waals surface area contributed by atoms with Crippen molar-refractivity contribution in [3.8, 4) is 0 Å². The number of nitrogens with one attached hydrogen (secondary N) is 1. The number of hydrogen-bond acceptors (Lipinski definition) is 2. The second-order valence-corrected chi connectivity index (χ2v) is 5.96. The first-order valence-corrected chi connectivity index (χ1v) is 6.97. The normalized spacial score (nSPS) is 11.4. The van der Waals surface area contributed by atoms with Crippen molar-refractivity contribution in [2.75, 3.05) is 11.9 Å². The van der Waals surface area contributed by atoms with Crippen molar-refractivity contribution in [1.82, 2.24) is 0 Å². The predicted octanol–water partition coefficient (Wildman–Crippen LogP) is 4.38. The summed E-state index contributed by atoms with van der Waals surface area (Å²) in [7, 11) is 0. The molecule has 0 radical (unpaired) electrons. The second kappa shape index (κ2) is 6.80. The summed E-state index contributed by atoms with van der Waals surface area (Å²) in [4.78, 5) is 11.2. The van der Waals surface area contributed by atoms with Crippen molar-refractivity contribution in [2.24, 2.45) is 17.8 Å². The quantitative estimate of drug-likeness (QED) is 0.814. The number of benzene rings is 1. The molecule has 1 aromatic carbocycles. The molecule has 0 aliphatic carbocycles. The topological polar surface area (TPSA) is 49.3 Å². The summed E-state index contributed by atoms with van der Waals surface area (Å²) in [5, 5.41) is 12.9. The van der Waals surface area contributed by atoms with Crippen LogP contribution in [0.3, 0.4) is 0 Å². The zero-order chi connectivity index (χ0) is 14.6. The molecule has 0 fully saturated rings. The van der Waals surface area contributed by atoms with Gasteiger partial charge in [0.05, 0.1) is 11.3 Å². The molecule has 0 saturated carbocycles. The lowest BCUT2D eigenvalue weighted by atomic mass is 9.85. The largest absolute Gasteiger partial charge is 0.478 e. The Morgan fingerprint density at radius 1 is 1.26 bits per heavy atom. The summed E-state index contributed by atoms with van der Waals surface area (Å²) >= 11 is 5.93. The smallest absolute Gasteiger partial charge is 0.337 e. The van der Waals surface area contributed by atoms with Crippen LogP contribution in [0, 0.1) is 17.8 Å². The monoisotopic (exact) mass is 283 g/mol. The Morgan fingerprint density at radius 2 is 1.84 bits per heavy atom. The zero-order valence-electron chi connectivity index (χ0n) is 11.9. The highest BCUT2D eigenvalue weighted by molar-refractivity contribution is 6.31. The van der Waals surface area contributed by atoms with E-state index in [2.05, 4.69) is 33.0 Å². The number of carbonyl (C=O) groups is 1. The lowest BCUT2D eigenvalue weighted by molar-refractivity contribution is 0.0698. The molecule has 0 unspecified atom stereocenters. The van der Waals surface area contributed by atoms with E-state index in [4.69, 9.17) is 16.7 Å².